The van der Waals surface area contributed by atoms with Gasteiger partial charge >= 0.3 is 0 Å². The Morgan fingerprint density at radius 3 is 2.73 bits per heavy atom. The van der Waals surface area contributed by atoms with Crippen molar-refractivity contribution in [3.8, 4) is 0 Å². The highest BCUT2D eigenvalue weighted by molar-refractivity contribution is 9.10. The third-order valence-corrected chi connectivity index (χ3v) is 4.80. The quantitative estimate of drug-likeness (QED) is 0.791. The van der Waals surface area contributed by atoms with Crippen molar-refractivity contribution >= 4 is 33.0 Å². The second-order valence-corrected chi connectivity index (χ2v) is 5.57. The zero-order chi connectivity index (χ0) is 10.9. The summed E-state index contributed by atoms with van der Waals surface area (Å²) in [4.78, 5) is 12.0. The summed E-state index contributed by atoms with van der Waals surface area (Å²) in [5.74, 6) is 0.185. The van der Waals surface area contributed by atoms with Gasteiger partial charge in [-0.25, -0.2) is 0 Å². The number of thiophene rings is 1. The van der Waals surface area contributed by atoms with Gasteiger partial charge in [-0.15, -0.1) is 0 Å². The maximum Gasteiger partial charge on any atom is 0.167 e. The zero-order valence-electron chi connectivity index (χ0n) is 8.59. The lowest BCUT2D eigenvalue weighted by Gasteiger charge is -2.40. The second-order valence-electron chi connectivity index (χ2n) is 3.97. The molecule has 0 saturated heterocycles. The number of ketones is 1. The topological polar surface area (TPSA) is 26.3 Å². The molecule has 82 valence electrons. The Morgan fingerprint density at radius 2 is 2.33 bits per heavy atom. The standard InChI is InChI=1S/C11H13BrO2S/c1-14-11(3-2-4-11)5-10(13)8-6-15-7-9(8)12/h6-7H,2-5H2,1H3. The molecule has 1 fully saturated rings. The van der Waals surface area contributed by atoms with Crippen LogP contribution in [0.15, 0.2) is 15.2 Å². The predicted molar refractivity (Wildman–Crippen MR) is 64.6 cm³/mol. The largest absolute Gasteiger partial charge is 0.378 e. The molecule has 0 bridgehead atoms. The van der Waals surface area contributed by atoms with Gasteiger partial charge in [-0.2, -0.15) is 11.3 Å². The average Bonchev–Trinajstić information content (AvgIpc) is 2.58. The van der Waals surface area contributed by atoms with Gasteiger partial charge in [0.1, 0.15) is 0 Å². The summed E-state index contributed by atoms with van der Waals surface area (Å²) in [5.41, 5.74) is 0.627. The van der Waals surface area contributed by atoms with Crippen molar-refractivity contribution in [3.63, 3.8) is 0 Å². The van der Waals surface area contributed by atoms with Crippen molar-refractivity contribution in [2.45, 2.75) is 31.3 Å². The number of ether oxygens (including phenoxy) is 1. The van der Waals surface area contributed by atoms with Crippen LogP contribution in [0, 0.1) is 0 Å². The van der Waals surface area contributed by atoms with E-state index in [0.717, 1.165) is 22.9 Å². The molecule has 1 saturated carbocycles. The van der Waals surface area contributed by atoms with Crippen LogP contribution in [-0.2, 0) is 4.74 Å². The number of Topliss-reactive ketones (excluding diaryl/α,β-unsaturated/α-hetero) is 1. The molecule has 0 N–H and O–H groups in total. The summed E-state index contributed by atoms with van der Waals surface area (Å²) in [6.07, 6.45) is 3.71. The summed E-state index contributed by atoms with van der Waals surface area (Å²) in [7, 11) is 1.70. The molecular formula is C11H13BrO2S. The number of hydrogen-bond donors (Lipinski definition) is 0. The summed E-state index contributed by atoms with van der Waals surface area (Å²) >= 11 is 4.93. The van der Waals surface area contributed by atoms with E-state index in [1.165, 1.54) is 6.42 Å². The molecule has 15 heavy (non-hydrogen) atoms. The fourth-order valence-corrected chi connectivity index (χ4v) is 3.41. The van der Waals surface area contributed by atoms with E-state index in [0.29, 0.717) is 6.42 Å². The van der Waals surface area contributed by atoms with E-state index in [1.807, 2.05) is 10.8 Å². The Labute approximate surface area is 102 Å². The van der Waals surface area contributed by atoms with E-state index < -0.39 is 0 Å². The Kier molecular flexibility index (Phi) is 3.28. The number of carbonyl (C=O) groups excluding carboxylic acids is 1. The van der Waals surface area contributed by atoms with Crippen LogP contribution in [0.2, 0.25) is 0 Å². The lowest BCUT2D eigenvalue weighted by atomic mass is 9.76. The number of rotatable bonds is 4. The molecule has 2 rings (SSSR count). The van der Waals surface area contributed by atoms with E-state index >= 15 is 0 Å². The van der Waals surface area contributed by atoms with Gasteiger partial charge in [0.15, 0.2) is 5.78 Å². The molecule has 2 nitrogen and oxygen atoms in total. The SMILES string of the molecule is COC1(CC(=O)c2cscc2Br)CCC1. The number of methoxy groups -OCH3 is 1. The third kappa shape index (κ3) is 2.17. The van der Waals surface area contributed by atoms with Crippen LogP contribution in [-0.4, -0.2) is 18.5 Å². The first-order valence-electron chi connectivity index (χ1n) is 4.97. The van der Waals surface area contributed by atoms with Crippen molar-refractivity contribution in [2.75, 3.05) is 7.11 Å². The smallest absolute Gasteiger partial charge is 0.167 e. The minimum absolute atomic E-state index is 0.168. The molecule has 4 heteroatoms. The van der Waals surface area contributed by atoms with Crippen molar-refractivity contribution in [1.82, 2.24) is 0 Å². The molecule has 1 aliphatic rings. The minimum Gasteiger partial charge on any atom is -0.378 e. The van der Waals surface area contributed by atoms with Gasteiger partial charge in [-0.3, -0.25) is 4.79 Å². The first kappa shape index (κ1) is 11.3. The lowest BCUT2D eigenvalue weighted by Crippen LogP contribution is -2.41. The summed E-state index contributed by atoms with van der Waals surface area (Å²) in [6.45, 7) is 0. The highest BCUT2D eigenvalue weighted by Gasteiger charge is 2.39. The van der Waals surface area contributed by atoms with Crippen molar-refractivity contribution in [3.05, 3.63) is 20.8 Å². The lowest BCUT2D eigenvalue weighted by molar-refractivity contribution is -0.0704. The van der Waals surface area contributed by atoms with Crippen molar-refractivity contribution < 1.29 is 9.53 Å². The van der Waals surface area contributed by atoms with Gasteiger partial charge in [0.05, 0.1) is 5.60 Å². The normalized spacial score (nSPS) is 18.5. The van der Waals surface area contributed by atoms with Crippen LogP contribution in [0.1, 0.15) is 36.0 Å². The van der Waals surface area contributed by atoms with Gasteiger partial charge < -0.3 is 4.74 Å². The molecule has 0 aliphatic heterocycles. The van der Waals surface area contributed by atoms with Crippen LogP contribution in [0.25, 0.3) is 0 Å². The third-order valence-electron chi connectivity index (χ3n) is 3.10. The molecule has 0 radical (unpaired) electrons. The van der Waals surface area contributed by atoms with E-state index in [4.69, 9.17) is 4.74 Å². The van der Waals surface area contributed by atoms with Gasteiger partial charge in [-0.05, 0) is 35.2 Å². The summed E-state index contributed by atoms with van der Waals surface area (Å²) in [6, 6.07) is 0. The highest BCUT2D eigenvalue weighted by atomic mass is 79.9. The van der Waals surface area contributed by atoms with Crippen LogP contribution in [0.4, 0.5) is 0 Å². The fraction of sp³-hybridized carbons (Fsp3) is 0.545. The van der Waals surface area contributed by atoms with Crippen LogP contribution < -0.4 is 0 Å². The van der Waals surface area contributed by atoms with Crippen molar-refractivity contribution in [2.24, 2.45) is 0 Å². The maximum atomic E-state index is 12.0. The van der Waals surface area contributed by atoms with Crippen molar-refractivity contribution in [1.29, 1.82) is 0 Å². The van der Waals surface area contributed by atoms with E-state index in [2.05, 4.69) is 15.9 Å². The molecule has 0 amide bonds. The van der Waals surface area contributed by atoms with Gasteiger partial charge in [0.25, 0.3) is 0 Å². The summed E-state index contributed by atoms with van der Waals surface area (Å²) in [5, 5.41) is 3.84. The van der Waals surface area contributed by atoms with Crippen LogP contribution >= 0.6 is 27.3 Å². The fourth-order valence-electron chi connectivity index (χ4n) is 1.89. The molecule has 0 unspecified atom stereocenters. The first-order chi connectivity index (χ1) is 7.17. The van der Waals surface area contributed by atoms with Crippen LogP contribution in [0.5, 0.6) is 0 Å². The Balaban J connectivity index is 2.07. The molecular weight excluding hydrogens is 276 g/mol. The monoisotopic (exact) mass is 288 g/mol. The average molecular weight is 289 g/mol. The van der Waals surface area contributed by atoms with E-state index in [1.54, 1.807) is 18.4 Å². The molecule has 1 aromatic heterocycles. The molecule has 0 spiro atoms. The zero-order valence-corrected chi connectivity index (χ0v) is 11.0. The summed E-state index contributed by atoms with van der Waals surface area (Å²) < 4.78 is 6.36. The predicted octanol–water partition coefficient (Wildman–Crippen LogP) is 3.65. The minimum atomic E-state index is -0.168. The van der Waals surface area contributed by atoms with E-state index in [-0.39, 0.29) is 11.4 Å². The maximum absolute atomic E-state index is 12.0. The number of carbonyl (C=O) groups is 1. The second kappa shape index (κ2) is 4.36. The van der Waals surface area contributed by atoms with Crippen LogP contribution in [0.3, 0.4) is 0 Å². The van der Waals surface area contributed by atoms with Gasteiger partial charge in [-0.1, -0.05) is 0 Å². The Hall–Kier alpha value is -0.190. The molecule has 0 aromatic carbocycles. The molecule has 0 atom stereocenters. The number of hydrogen-bond acceptors (Lipinski definition) is 3. The highest BCUT2D eigenvalue weighted by Crippen LogP contribution is 2.39. The Bertz CT molecular complexity index is 363. The number of halogens is 1. The van der Waals surface area contributed by atoms with Gasteiger partial charge in [0, 0.05) is 34.3 Å². The molecule has 1 heterocycles. The molecule has 1 aliphatic carbocycles. The van der Waals surface area contributed by atoms with E-state index in [9.17, 15) is 4.79 Å². The molecule has 1 aromatic rings. The Morgan fingerprint density at radius 1 is 1.60 bits per heavy atom. The van der Waals surface area contributed by atoms with Gasteiger partial charge in [0.2, 0.25) is 0 Å². The first-order valence-corrected chi connectivity index (χ1v) is 6.70.